The van der Waals surface area contributed by atoms with E-state index in [2.05, 4.69) is 43.4 Å². The van der Waals surface area contributed by atoms with E-state index in [0.717, 1.165) is 6.42 Å². The maximum absolute atomic E-state index is 13.8. The van der Waals surface area contributed by atoms with Crippen molar-refractivity contribution in [3.8, 4) is 0 Å². The number of amides is 1. The Morgan fingerprint density at radius 2 is 1.30 bits per heavy atom. The number of carbonyl (C=O) groups is 2. The Bertz CT molecular complexity index is 3130. The number of allylic oxidation sites excluding steroid dienone is 1. The third kappa shape index (κ3) is 15.4. The van der Waals surface area contributed by atoms with E-state index in [1.165, 1.54) is 20.1 Å². The van der Waals surface area contributed by atoms with Crippen molar-refractivity contribution in [1.29, 1.82) is 0 Å². The van der Waals surface area contributed by atoms with Gasteiger partial charge in [-0.15, -0.1) is 6.58 Å². The van der Waals surface area contributed by atoms with Crippen LogP contribution in [-0.4, -0.2) is 212 Å². The second-order valence-electron chi connectivity index (χ2n) is 28.4. The van der Waals surface area contributed by atoms with Gasteiger partial charge in [0.25, 0.3) is 0 Å². The molecule has 11 heterocycles. The molecule has 0 radical (unpaired) electrons. The second kappa shape index (κ2) is 28.6. The Balaban J connectivity index is 0.00000473. The Morgan fingerprint density at radius 3 is 1.94 bits per heavy atom. The smallest absolute Gasteiger partial charge is 0.726 e. The molecule has 11 fully saturated rings. The Hall–Kier alpha value is -1.40. The second-order valence-corrected chi connectivity index (χ2v) is 30.4. The molecule has 28 atom stereocenters. The van der Waals surface area contributed by atoms with Crippen molar-refractivity contribution in [2.75, 3.05) is 13.7 Å². The van der Waals surface area contributed by atoms with Crippen molar-refractivity contribution in [3.05, 3.63) is 72.9 Å². The van der Waals surface area contributed by atoms with Gasteiger partial charge in [0, 0.05) is 51.4 Å². The summed E-state index contributed by atoms with van der Waals surface area (Å²) in [5.74, 6) is -1.90. The van der Waals surface area contributed by atoms with E-state index in [1.807, 2.05) is 6.92 Å². The normalized spacial score (nSPS) is 45.0. The molecule has 12 rings (SSSR count). The Morgan fingerprint density at radius 1 is 0.731 bits per heavy atom. The monoisotopic (exact) mass is 1370 g/mol. The van der Waals surface area contributed by atoms with Crippen molar-refractivity contribution in [3.63, 3.8) is 0 Å². The fourth-order valence-electron chi connectivity index (χ4n) is 16.8. The van der Waals surface area contributed by atoms with Gasteiger partial charge in [0.2, 0.25) is 26.7 Å². The third-order valence-electron chi connectivity index (χ3n) is 21.8. The van der Waals surface area contributed by atoms with E-state index in [4.69, 9.17) is 61.0 Å². The predicted molar refractivity (Wildman–Crippen MR) is 316 cm³/mol. The van der Waals surface area contributed by atoms with E-state index in [9.17, 15) is 45.7 Å². The van der Waals surface area contributed by atoms with Crippen LogP contribution in [0.25, 0.3) is 0 Å². The summed E-state index contributed by atoms with van der Waals surface area (Å²) < 4.78 is 160. The number of esters is 1. The van der Waals surface area contributed by atoms with E-state index >= 15 is 0 Å². The maximum Gasteiger partial charge on any atom is 1.00 e. The van der Waals surface area contributed by atoms with Crippen molar-refractivity contribution in [2.24, 2.45) is 11.8 Å². The topological polar surface area (TPSA) is 330 Å². The van der Waals surface area contributed by atoms with Gasteiger partial charge < -0.3 is 81.5 Å². The standard InChI is InChI=1S/C64H91NO24S2.2Na/c1-10-14-36(58(67)65-53(59(68)76-9)35-15-12-11-13-16-35)18-20-60(4,69)57-34(3)25-45-44(84-57)31-52-64(8,87-45)56(66)55-48(83-52)29-47-54(85-55)33(2)17-21-62(6)50(82-47)32-49-63(7,89-62)22-19-37-38(81-49)26-40-39(78-37)27-41-42(79-40)28-46-43(80-41)30-51(88-91(73,74)75)61(5,86-46)23-24-77-90(70,71)72;;/h10-13,15-16,18,20,33,36-57,66,69H,1,3,14,17,19,21-32H2,2,4-9H3,(H,65,67)(H,70,71,72)(H,73,74,75);;/q;2*+1/p-2/b20-18+;;/t33-,36-,37-,38+,39+,40-,41-,42+,43+,44+,45-,46-,47-,48+,49-,50+,51-,52-,53+,54+,55+,56+,57-,60+,61+,62-,63+,64-;;/m0../s1. The van der Waals surface area contributed by atoms with Crippen molar-refractivity contribution >= 4 is 32.7 Å². The fourth-order valence-corrected chi connectivity index (χ4v) is 17.6. The van der Waals surface area contributed by atoms with Crippen LogP contribution >= 0.6 is 0 Å². The van der Waals surface area contributed by atoms with Crippen LogP contribution in [0.5, 0.6) is 0 Å². The van der Waals surface area contributed by atoms with Gasteiger partial charge >= 0.3 is 65.1 Å². The van der Waals surface area contributed by atoms with E-state index in [1.54, 1.807) is 49.4 Å². The summed E-state index contributed by atoms with van der Waals surface area (Å²) in [6, 6.07) is 7.72. The van der Waals surface area contributed by atoms with E-state index < -0.39 is 171 Å². The molecule has 0 spiro atoms. The van der Waals surface area contributed by atoms with Gasteiger partial charge in [0.1, 0.15) is 35.6 Å². The first kappa shape index (κ1) is 74.3. The number of aliphatic hydroxyl groups is 2. The summed E-state index contributed by atoms with van der Waals surface area (Å²) >= 11 is 0. The zero-order valence-corrected chi connectivity index (χ0v) is 60.2. The molecule has 1 aromatic carbocycles. The van der Waals surface area contributed by atoms with Crippen LogP contribution in [0.4, 0.5) is 0 Å². The number of hydrogen-bond donors (Lipinski definition) is 3. The number of aliphatic hydroxyl groups excluding tert-OH is 1. The molecule has 0 aromatic heterocycles. The van der Waals surface area contributed by atoms with Crippen LogP contribution in [0.15, 0.2) is 67.3 Å². The summed E-state index contributed by atoms with van der Waals surface area (Å²) in [5.41, 5.74) is -4.66. The molecule has 3 N–H and O–H groups in total. The molecule has 0 saturated carbocycles. The maximum atomic E-state index is 13.8. The quantitative estimate of drug-likeness (QED) is 0.0590. The predicted octanol–water partition coefficient (Wildman–Crippen LogP) is -1.53. The zero-order chi connectivity index (χ0) is 65.0. The summed E-state index contributed by atoms with van der Waals surface area (Å²) in [6.07, 6.45) is -1.47. The molecule has 11 aliphatic rings. The van der Waals surface area contributed by atoms with Gasteiger partial charge in [0.15, 0.2) is 6.04 Å². The summed E-state index contributed by atoms with van der Waals surface area (Å²) in [7, 11) is -9.04. The molecule has 11 saturated heterocycles. The molecule has 0 bridgehead atoms. The average Bonchev–Trinajstić information content (AvgIpc) is 1.26. The number of nitrogens with one attached hydrogen (secondary N) is 1. The first-order chi connectivity index (χ1) is 42.9. The number of ether oxygens (including phenoxy) is 12. The molecule has 1 amide bonds. The number of rotatable bonds is 15. The first-order valence-electron chi connectivity index (χ1n) is 32.2. The van der Waals surface area contributed by atoms with Gasteiger partial charge in [-0.05, 0) is 90.2 Å². The van der Waals surface area contributed by atoms with Gasteiger partial charge in [-0.25, -0.2) is 21.6 Å². The number of benzene rings is 1. The minimum atomic E-state index is -5.23. The molecule has 93 heavy (non-hydrogen) atoms. The summed E-state index contributed by atoms with van der Waals surface area (Å²) in [5, 5.41) is 27.4. The largest absolute Gasteiger partial charge is 1.00 e. The summed E-state index contributed by atoms with van der Waals surface area (Å²) in [6.45, 7) is 18.9. The first-order valence-corrected chi connectivity index (χ1v) is 34.9. The van der Waals surface area contributed by atoms with Crippen LogP contribution in [0.3, 0.4) is 0 Å². The number of methoxy groups -OCH3 is 1. The third-order valence-corrected chi connectivity index (χ3v) is 22.8. The Labute approximate surface area is 589 Å². The molecular weight excluding hydrogens is 1280 g/mol. The summed E-state index contributed by atoms with van der Waals surface area (Å²) in [4.78, 5) is 26.6. The van der Waals surface area contributed by atoms with Crippen LogP contribution in [-0.2, 0) is 95.6 Å². The fraction of sp³-hybridized carbons (Fsp3) is 0.781. The molecule has 11 aliphatic heterocycles. The van der Waals surface area contributed by atoms with Crippen molar-refractivity contribution < 1.29 is 170 Å². The average molecular weight is 1370 g/mol. The molecular formula is C64H89NNa2O24S2. The number of fused-ring (bicyclic) bond motifs is 10. The molecule has 25 nitrogen and oxygen atoms in total. The minimum Gasteiger partial charge on any atom is -0.726 e. The van der Waals surface area contributed by atoms with Crippen molar-refractivity contribution in [1.82, 2.24) is 5.32 Å². The number of carbonyl (C=O) groups excluding carboxylic acids is 2. The van der Waals surface area contributed by atoms with Crippen LogP contribution < -0.4 is 64.4 Å². The van der Waals surface area contributed by atoms with Gasteiger partial charge in [-0.2, -0.15) is 0 Å². The zero-order valence-electron chi connectivity index (χ0n) is 54.6. The number of hydrogen-bond acceptors (Lipinski definition) is 24. The Kier molecular flexibility index (Phi) is 22.8. The van der Waals surface area contributed by atoms with Crippen LogP contribution in [0, 0.1) is 11.8 Å². The van der Waals surface area contributed by atoms with Crippen molar-refractivity contribution in [2.45, 2.75) is 288 Å². The SMILES string of the molecule is C=CC[C@@H](/C=C/[C@@](C)(O)[C@H]1O[C@@H]2C[C@@H]3O[C@@H]4C[C@@H]5O[C@@H]6C[C@@H]7O[C@@H]8C[C@@H]9O[C@@H]%10C[C@@H]%11O[C@](C)(CCOS(=O)(=O)[O-])[C@@H](OS(=O)(=O)[O-])C[C@H]%11O[C@H]%10C[C@H]9O[C@H]8CC[C@@]7(C)O[C@@]6(C)CC[C@H](C)[C@H]5O[C@H]4[C@@H](O)[C@@]3(C)O[C@H]2CC1=C)C(=O)N[C@@H](C(=O)OC)c1ccccc1.[Na+].[Na+]. The van der Waals surface area contributed by atoms with Gasteiger partial charge in [0.05, 0.1) is 134 Å². The minimum absolute atomic E-state index is 0. The van der Waals surface area contributed by atoms with Crippen LogP contribution in [0.2, 0.25) is 0 Å². The van der Waals surface area contributed by atoms with Gasteiger partial charge in [-0.1, -0.05) is 62.1 Å². The molecule has 508 valence electrons. The molecule has 0 aliphatic carbocycles. The van der Waals surface area contributed by atoms with Gasteiger partial charge in [-0.3, -0.25) is 13.2 Å². The van der Waals surface area contributed by atoms with E-state index in [-0.39, 0.29) is 115 Å². The molecule has 1 aromatic rings. The van der Waals surface area contributed by atoms with E-state index in [0.29, 0.717) is 75.3 Å². The molecule has 0 unspecified atom stereocenters. The van der Waals surface area contributed by atoms with Crippen LogP contribution in [0.1, 0.15) is 143 Å². The molecule has 29 heteroatoms.